The van der Waals surface area contributed by atoms with Gasteiger partial charge in [0.2, 0.25) is 0 Å². The fourth-order valence-electron chi connectivity index (χ4n) is 2.49. The third-order valence-electron chi connectivity index (χ3n) is 3.83. The van der Waals surface area contributed by atoms with Crippen LogP contribution in [0.5, 0.6) is 5.75 Å². The molecule has 1 saturated heterocycles. The van der Waals surface area contributed by atoms with Gasteiger partial charge in [-0.1, -0.05) is 18.2 Å². The van der Waals surface area contributed by atoms with Crippen LogP contribution in [-0.4, -0.2) is 54.3 Å². The highest BCUT2D eigenvalue weighted by Crippen LogP contribution is 2.17. The molecule has 1 aromatic carbocycles. The first kappa shape index (κ1) is 15.9. The zero-order chi connectivity index (χ0) is 15.9. The standard InChI is InChI=1S/C17H22N4O2/c18-11-14-2-1-3-15(10-14)17-19-12-16(13-20-17)23-9-6-21-4-7-22-8-5-21/h1-3,10,12-13H,4-9,11,18H2. The van der Waals surface area contributed by atoms with Gasteiger partial charge in [0.05, 0.1) is 25.6 Å². The molecule has 0 saturated carbocycles. The third-order valence-corrected chi connectivity index (χ3v) is 3.83. The quantitative estimate of drug-likeness (QED) is 0.867. The average Bonchev–Trinajstić information content (AvgIpc) is 2.63. The molecule has 6 nitrogen and oxygen atoms in total. The predicted molar refractivity (Wildman–Crippen MR) is 88.1 cm³/mol. The van der Waals surface area contributed by atoms with E-state index in [1.807, 2.05) is 24.3 Å². The van der Waals surface area contributed by atoms with E-state index in [2.05, 4.69) is 14.9 Å². The summed E-state index contributed by atoms with van der Waals surface area (Å²) >= 11 is 0. The molecule has 0 spiro atoms. The fourth-order valence-corrected chi connectivity index (χ4v) is 2.49. The van der Waals surface area contributed by atoms with Gasteiger partial charge in [-0.15, -0.1) is 0 Å². The third kappa shape index (κ3) is 4.48. The fraction of sp³-hybridized carbons (Fsp3) is 0.412. The van der Waals surface area contributed by atoms with Crippen molar-refractivity contribution in [2.75, 3.05) is 39.5 Å². The van der Waals surface area contributed by atoms with Crippen LogP contribution in [-0.2, 0) is 11.3 Å². The highest BCUT2D eigenvalue weighted by atomic mass is 16.5. The SMILES string of the molecule is NCc1cccc(-c2ncc(OCCN3CCOCC3)cn2)c1. The lowest BCUT2D eigenvalue weighted by atomic mass is 10.1. The topological polar surface area (TPSA) is 73.5 Å². The maximum absolute atomic E-state index is 5.72. The molecule has 0 unspecified atom stereocenters. The molecule has 1 aliphatic heterocycles. The summed E-state index contributed by atoms with van der Waals surface area (Å²) in [6, 6.07) is 7.95. The highest BCUT2D eigenvalue weighted by Gasteiger charge is 2.10. The van der Waals surface area contributed by atoms with Crippen molar-refractivity contribution < 1.29 is 9.47 Å². The van der Waals surface area contributed by atoms with E-state index in [0.29, 0.717) is 24.7 Å². The van der Waals surface area contributed by atoms with Gasteiger partial charge in [-0.3, -0.25) is 4.90 Å². The molecule has 0 atom stereocenters. The first-order chi connectivity index (χ1) is 11.3. The number of hydrogen-bond donors (Lipinski definition) is 1. The molecule has 2 heterocycles. The summed E-state index contributed by atoms with van der Waals surface area (Å²) in [5, 5.41) is 0. The number of morpholine rings is 1. The van der Waals surface area contributed by atoms with E-state index in [0.717, 1.165) is 44.0 Å². The summed E-state index contributed by atoms with van der Waals surface area (Å²) in [4.78, 5) is 11.1. The van der Waals surface area contributed by atoms with Crippen molar-refractivity contribution in [1.82, 2.24) is 14.9 Å². The number of benzene rings is 1. The Balaban J connectivity index is 1.54. The van der Waals surface area contributed by atoms with Crippen LogP contribution in [0.4, 0.5) is 0 Å². The molecule has 0 amide bonds. The molecule has 23 heavy (non-hydrogen) atoms. The number of nitrogens with zero attached hydrogens (tertiary/aromatic N) is 3. The Bertz CT molecular complexity index is 612. The Hall–Kier alpha value is -2.02. The zero-order valence-corrected chi connectivity index (χ0v) is 13.1. The van der Waals surface area contributed by atoms with Crippen molar-refractivity contribution in [2.45, 2.75) is 6.54 Å². The summed E-state index contributed by atoms with van der Waals surface area (Å²) in [7, 11) is 0. The molecule has 0 bridgehead atoms. The van der Waals surface area contributed by atoms with Crippen LogP contribution in [0, 0.1) is 0 Å². The lowest BCUT2D eigenvalue weighted by Gasteiger charge is -2.26. The van der Waals surface area contributed by atoms with Gasteiger partial charge in [0, 0.05) is 31.7 Å². The zero-order valence-electron chi connectivity index (χ0n) is 13.1. The van der Waals surface area contributed by atoms with Crippen LogP contribution >= 0.6 is 0 Å². The Labute approximate surface area is 136 Å². The Morgan fingerprint density at radius 2 is 1.96 bits per heavy atom. The van der Waals surface area contributed by atoms with Gasteiger partial charge in [-0.25, -0.2) is 9.97 Å². The van der Waals surface area contributed by atoms with Crippen molar-refractivity contribution in [3.05, 3.63) is 42.2 Å². The van der Waals surface area contributed by atoms with Gasteiger partial charge >= 0.3 is 0 Å². The van der Waals surface area contributed by atoms with E-state index in [4.69, 9.17) is 15.2 Å². The molecule has 122 valence electrons. The number of ether oxygens (including phenoxy) is 2. The number of rotatable bonds is 6. The molecule has 0 radical (unpaired) electrons. The van der Waals surface area contributed by atoms with Crippen LogP contribution in [0.3, 0.4) is 0 Å². The molecule has 6 heteroatoms. The van der Waals surface area contributed by atoms with Gasteiger partial charge in [0.15, 0.2) is 11.6 Å². The van der Waals surface area contributed by atoms with Crippen LogP contribution in [0.2, 0.25) is 0 Å². The normalized spacial score (nSPS) is 15.5. The predicted octanol–water partition coefficient (Wildman–Crippen LogP) is 1.31. The minimum atomic E-state index is 0.510. The van der Waals surface area contributed by atoms with Crippen LogP contribution in [0.1, 0.15) is 5.56 Å². The van der Waals surface area contributed by atoms with Crippen LogP contribution < -0.4 is 10.5 Å². The summed E-state index contributed by atoms with van der Waals surface area (Å²) in [5.74, 6) is 1.37. The minimum Gasteiger partial charge on any atom is -0.489 e. The Morgan fingerprint density at radius 1 is 1.17 bits per heavy atom. The number of aromatic nitrogens is 2. The smallest absolute Gasteiger partial charge is 0.159 e. The molecule has 1 aliphatic rings. The molecule has 0 aliphatic carbocycles. The highest BCUT2D eigenvalue weighted by molar-refractivity contribution is 5.56. The first-order valence-corrected chi connectivity index (χ1v) is 7.89. The second-order valence-electron chi connectivity index (χ2n) is 5.45. The van der Waals surface area contributed by atoms with E-state index in [1.165, 1.54) is 0 Å². The minimum absolute atomic E-state index is 0.510. The average molecular weight is 314 g/mol. The van der Waals surface area contributed by atoms with Gasteiger partial charge in [0.1, 0.15) is 6.61 Å². The van der Waals surface area contributed by atoms with Crippen molar-refractivity contribution >= 4 is 0 Å². The molecule has 1 fully saturated rings. The first-order valence-electron chi connectivity index (χ1n) is 7.89. The van der Waals surface area contributed by atoms with E-state index in [1.54, 1.807) is 12.4 Å². The number of hydrogen-bond acceptors (Lipinski definition) is 6. The Morgan fingerprint density at radius 3 is 2.70 bits per heavy atom. The molecular weight excluding hydrogens is 292 g/mol. The summed E-state index contributed by atoms with van der Waals surface area (Å²) in [6.07, 6.45) is 3.44. The van der Waals surface area contributed by atoms with Gasteiger partial charge in [0.25, 0.3) is 0 Å². The Kier molecular flexibility index (Phi) is 5.52. The molecule has 2 N–H and O–H groups in total. The lowest BCUT2D eigenvalue weighted by molar-refractivity contribution is 0.0322. The van der Waals surface area contributed by atoms with Crippen LogP contribution in [0.15, 0.2) is 36.7 Å². The van der Waals surface area contributed by atoms with Gasteiger partial charge in [-0.05, 0) is 11.6 Å². The summed E-state index contributed by atoms with van der Waals surface area (Å²) in [6.45, 7) is 5.58. The second-order valence-corrected chi connectivity index (χ2v) is 5.45. The van der Waals surface area contributed by atoms with Crippen molar-refractivity contribution in [3.63, 3.8) is 0 Å². The molecular formula is C17H22N4O2. The molecule has 3 rings (SSSR count). The maximum atomic E-state index is 5.72. The lowest BCUT2D eigenvalue weighted by Crippen LogP contribution is -2.38. The van der Waals surface area contributed by atoms with E-state index < -0.39 is 0 Å². The molecule has 2 aromatic rings. The maximum Gasteiger partial charge on any atom is 0.159 e. The van der Waals surface area contributed by atoms with Crippen molar-refractivity contribution in [2.24, 2.45) is 5.73 Å². The number of nitrogens with two attached hydrogens (primary N) is 1. The van der Waals surface area contributed by atoms with Crippen molar-refractivity contribution in [1.29, 1.82) is 0 Å². The summed E-state index contributed by atoms with van der Waals surface area (Å²) < 4.78 is 11.0. The monoisotopic (exact) mass is 314 g/mol. The van der Waals surface area contributed by atoms with Gasteiger partial charge in [-0.2, -0.15) is 0 Å². The van der Waals surface area contributed by atoms with Crippen LogP contribution in [0.25, 0.3) is 11.4 Å². The molecule has 1 aromatic heterocycles. The largest absolute Gasteiger partial charge is 0.489 e. The second kappa shape index (κ2) is 8.01. The van der Waals surface area contributed by atoms with E-state index >= 15 is 0 Å². The van der Waals surface area contributed by atoms with Gasteiger partial charge < -0.3 is 15.2 Å². The van der Waals surface area contributed by atoms with E-state index in [-0.39, 0.29) is 0 Å². The summed E-state index contributed by atoms with van der Waals surface area (Å²) in [5.41, 5.74) is 7.70. The van der Waals surface area contributed by atoms with Crippen molar-refractivity contribution in [3.8, 4) is 17.1 Å². The van der Waals surface area contributed by atoms with E-state index in [9.17, 15) is 0 Å².